The molecule has 3 heteroatoms. The van der Waals surface area contributed by atoms with Crippen molar-refractivity contribution in [3.8, 4) is 6.07 Å². The second kappa shape index (κ2) is 4.78. The molecule has 0 aliphatic heterocycles. The zero-order chi connectivity index (χ0) is 9.68. The fourth-order valence-corrected chi connectivity index (χ4v) is 1.78. The summed E-state index contributed by atoms with van der Waals surface area (Å²) < 4.78 is 0. The maximum atomic E-state index is 8.59. The summed E-state index contributed by atoms with van der Waals surface area (Å²) in [4.78, 5) is 1.06. The smallest absolute Gasteiger partial charge is 0.0661 e. The molecule has 0 bridgehead atoms. The van der Waals surface area contributed by atoms with Gasteiger partial charge in [-0.05, 0) is 19.1 Å². The minimum Gasteiger partial charge on any atom is -0.398 e. The van der Waals surface area contributed by atoms with E-state index in [1.54, 1.807) is 11.8 Å². The third-order valence-corrected chi connectivity index (χ3v) is 2.98. The number of nitrogens with two attached hydrogens (primary N) is 1. The van der Waals surface area contributed by atoms with Gasteiger partial charge in [0.15, 0.2) is 0 Å². The van der Waals surface area contributed by atoms with Crippen LogP contribution >= 0.6 is 11.8 Å². The number of thioether (sulfide) groups is 1. The van der Waals surface area contributed by atoms with Gasteiger partial charge in [-0.3, -0.25) is 0 Å². The van der Waals surface area contributed by atoms with Crippen LogP contribution in [0.4, 0.5) is 5.69 Å². The van der Waals surface area contributed by atoms with Crippen molar-refractivity contribution >= 4 is 17.4 Å². The van der Waals surface area contributed by atoms with Crippen LogP contribution in [0.2, 0.25) is 0 Å². The van der Waals surface area contributed by atoms with E-state index in [1.165, 1.54) is 0 Å². The van der Waals surface area contributed by atoms with Gasteiger partial charge in [0.05, 0.1) is 12.0 Å². The first-order chi connectivity index (χ1) is 6.24. The second-order valence-corrected chi connectivity index (χ2v) is 3.94. The highest BCUT2D eigenvalue weighted by Crippen LogP contribution is 2.25. The number of hydrogen-bond acceptors (Lipinski definition) is 3. The zero-order valence-electron chi connectivity index (χ0n) is 7.53. The summed E-state index contributed by atoms with van der Waals surface area (Å²) in [5, 5.41) is 8.59. The molecule has 0 aromatic heterocycles. The fraction of sp³-hybridized carbons (Fsp3) is 0.300. The van der Waals surface area contributed by atoms with Crippen LogP contribution in [0.5, 0.6) is 0 Å². The Labute approximate surface area is 82.7 Å². The molecule has 1 rings (SSSR count). The minimum absolute atomic E-state index is 0.0737. The number of anilines is 1. The summed E-state index contributed by atoms with van der Waals surface area (Å²) in [6.45, 7) is 1.91. The van der Waals surface area contributed by atoms with E-state index in [0.29, 0.717) is 0 Å². The molecule has 0 heterocycles. The molecule has 0 aliphatic rings. The summed E-state index contributed by atoms with van der Waals surface area (Å²) in [6, 6.07) is 9.91. The molecule has 0 aliphatic carbocycles. The third kappa shape index (κ3) is 3.00. The van der Waals surface area contributed by atoms with Crippen molar-refractivity contribution in [1.29, 1.82) is 5.26 Å². The summed E-state index contributed by atoms with van der Waals surface area (Å²) in [5.74, 6) is 0.870. The number of hydrogen-bond donors (Lipinski definition) is 1. The number of para-hydroxylation sites is 1. The van der Waals surface area contributed by atoms with Gasteiger partial charge in [-0.15, -0.1) is 11.8 Å². The Morgan fingerprint density at radius 3 is 2.85 bits per heavy atom. The topological polar surface area (TPSA) is 49.8 Å². The summed E-state index contributed by atoms with van der Waals surface area (Å²) in [6.07, 6.45) is 0. The van der Waals surface area contributed by atoms with E-state index in [4.69, 9.17) is 11.0 Å². The van der Waals surface area contributed by atoms with E-state index in [0.717, 1.165) is 16.3 Å². The molecule has 0 saturated carbocycles. The molecule has 0 amide bonds. The molecule has 2 nitrogen and oxygen atoms in total. The van der Waals surface area contributed by atoms with Gasteiger partial charge >= 0.3 is 0 Å². The van der Waals surface area contributed by atoms with Crippen molar-refractivity contribution in [3.63, 3.8) is 0 Å². The maximum absolute atomic E-state index is 8.59. The van der Waals surface area contributed by atoms with Gasteiger partial charge < -0.3 is 5.73 Å². The highest BCUT2D eigenvalue weighted by atomic mass is 32.2. The number of nitrogens with zero attached hydrogens (tertiary/aromatic N) is 1. The number of nitriles is 1. The van der Waals surface area contributed by atoms with Crippen LogP contribution in [0.15, 0.2) is 29.2 Å². The van der Waals surface area contributed by atoms with E-state index >= 15 is 0 Å². The number of rotatable bonds is 3. The van der Waals surface area contributed by atoms with Gasteiger partial charge in [-0.2, -0.15) is 5.26 Å². The highest BCUT2D eigenvalue weighted by molar-refractivity contribution is 7.99. The van der Waals surface area contributed by atoms with Crippen molar-refractivity contribution in [2.75, 3.05) is 11.5 Å². The molecule has 13 heavy (non-hydrogen) atoms. The Bertz CT molecular complexity index is 317. The molecule has 1 aromatic carbocycles. The van der Waals surface area contributed by atoms with Gasteiger partial charge in [0, 0.05) is 16.3 Å². The van der Waals surface area contributed by atoms with Crippen LogP contribution in [0.3, 0.4) is 0 Å². The zero-order valence-corrected chi connectivity index (χ0v) is 8.34. The molecule has 68 valence electrons. The first-order valence-electron chi connectivity index (χ1n) is 4.11. The van der Waals surface area contributed by atoms with Crippen LogP contribution in [-0.4, -0.2) is 5.75 Å². The lowest BCUT2D eigenvalue weighted by atomic mass is 10.3. The average Bonchev–Trinajstić information content (AvgIpc) is 2.16. The van der Waals surface area contributed by atoms with Crippen molar-refractivity contribution in [1.82, 2.24) is 0 Å². The van der Waals surface area contributed by atoms with Crippen molar-refractivity contribution in [2.45, 2.75) is 11.8 Å². The SMILES string of the molecule is CC(C#N)CSc1ccccc1N. The first kappa shape index (κ1) is 9.94. The third-order valence-electron chi connectivity index (χ3n) is 1.63. The standard InChI is InChI=1S/C10H12N2S/c1-8(6-11)7-13-10-5-3-2-4-9(10)12/h2-5,8H,7,12H2,1H3. The Hall–Kier alpha value is -1.14. The van der Waals surface area contributed by atoms with E-state index in [1.807, 2.05) is 31.2 Å². The largest absolute Gasteiger partial charge is 0.398 e. The summed E-state index contributed by atoms with van der Waals surface area (Å²) in [7, 11) is 0. The molecule has 0 radical (unpaired) electrons. The van der Waals surface area contributed by atoms with Crippen LogP contribution in [0.1, 0.15) is 6.92 Å². The quantitative estimate of drug-likeness (QED) is 0.591. The van der Waals surface area contributed by atoms with E-state index < -0.39 is 0 Å². The molecular weight excluding hydrogens is 180 g/mol. The maximum Gasteiger partial charge on any atom is 0.0661 e. The number of nitrogen functional groups attached to an aromatic ring is 1. The Morgan fingerprint density at radius 1 is 1.54 bits per heavy atom. The van der Waals surface area contributed by atoms with Crippen molar-refractivity contribution in [3.05, 3.63) is 24.3 Å². The van der Waals surface area contributed by atoms with Gasteiger partial charge in [0.25, 0.3) is 0 Å². The van der Waals surface area contributed by atoms with Crippen LogP contribution in [0.25, 0.3) is 0 Å². The van der Waals surface area contributed by atoms with E-state index in [2.05, 4.69) is 6.07 Å². The van der Waals surface area contributed by atoms with Gasteiger partial charge in [0.1, 0.15) is 0 Å². The molecule has 0 saturated heterocycles. The minimum atomic E-state index is 0.0737. The Balaban J connectivity index is 2.56. The monoisotopic (exact) mass is 192 g/mol. The summed E-state index contributed by atoms with van der Waals surface area (Å²) in [5.41, 5.74) is 6.53. The number of benzene rings is 1. The lowest BCUT2D eigenvalue weighted by molar-refractivity contribution is 0.864. The van der Waals surface area contributed by atoms with Crippen LogP contribution < -0.4 is 5.73 Å². The van der Waals surface area contributed by atoms with Crippen molar-refractivity contribution in [2.24, 2.45) is 5.92 Å². The molecule has 0 fully saturated rings. The Kier molecular flexibility index (Phi) is 3.66. The molecule has 1 atom stereocenters. The van der Waals surface area contributed by atoms with Crippen LogP contribution in [0, 0.1) is 17.2 Å². The second-order valence-electron chi connectivity index (χ2n) is 2.88. The van der Waals surface area contributed by atoms with Crippen LogP contribution in [-0.2, 0) is 0 Å². The molecule has 1 aromatic rings. The normalized spacial score (nSPS) is 12.0. The first-order valence-corrected chi connectivity index (χ1v) is 5.09. The van der Waals surface area contributed by atoms with E-state index in [-0.39, 0.29) is 5.92 Å². The summed E-state index contributed by atoms with van der Waals surface area (Å²) >= 11 is 1.63. The highest BCUT2D eigenvalue weighted by Gasteiger charge is 2.02. The van der Waals surface area contributed by atoms with E-state index in [9.17, 15) is 0 Å². The average molecular weight is 192 g/mol. The predicted octanol–water partition coefficient (Wildman–Crippen LogP) is 2.52. The molecule has 2 N–H and O–H groups in total. The lowest BCUT2D eigenvalue weighted by Gasteiger charge is -2.05. The van der Waals surface area contributed by atoms with Gasteiger partial charge in [-0.1, -0.05) is 12.1 Å². The van der Waals surface area contributed by atoms with Gasteiger partial charge in [0.2, 0.25) is 0 Å². The molecular formula is C10H12N2S. The Morgan fingerprint density at radius 2 is 2.23 bits per heavy atom. The van der Waals surface area contributed by atoms with Gasteiger partial charge in [-0.25, -0.2) is 0 Å². The van der Waals surface area contributed by atoms with Crippen molar-refractivity contribution < 1.29 is 0 Å². The predicted molar refractivity (Wildman–Crippen MR) is 56.4 cm³/mol. The molecule has 1 unspecified atom stereocenters. The fourth-order valence-electron chi connectivity index (χ4n) is 0.864. The molecule has 0 spiro atoms. The lowest BCUT2D eigenvalue weighted by Crippen LogP contribution is -1.94.